The lowest BCUT2D eigenvalue weighted by atomic mass is 10.1. The van der Waals surface area contributed by atoms with Gasteiger partial charge in [-0.05, 0) is 36.4 Å². The maximum absolute atomic E-state index is 12.3. The summed E-state index contributed by atoms with van der Waals surface area (Å²) in [7, 11) is 4.62. The van der Waals surface area contributed by atoms with E-state index in [1.807, 2.05) is 24.3 Å². The summed E-state index contributed by atoms with van der Waals surface area (Å²) in [6.07, 6.45) is 2.58. The Kier molecular flexibility index (Phi) is 9.00. The minimum atomic E-state index is -0.616. The van der Waals surface area contributed by atoms with Crippen LogP contribution in [0.3, 0.4) is 0 Å². The summed E-state index contributed by atoms with van der Waals surface area (Å²) in [5, 5.41) is 9.40. The molecule has 41 heavy (non-hydrogen) atoms. The number of benzene rings is 3. The van der Waals surface area contributed by atoms with Gasteiger partial charge in [0, 0.05) is 29.8 Å². The second-order valence-electron chi connectivity index (χ2n) is 8.65. The highest BCUT2D eigenvalue weighted by atomic mass is 16.5. The Hall–Kier alpha value is -5.58. The van der Waals surface area contributed by atoms with Crippen LogP contribution in [0.1, 0.15) is 15.9 Å². The van der Waals surface area contributed by atoms with Gasteiger partial charge in [0.05, 0.1) is 49.6 Å². The van der Waals surface area contributed by atoms with Crippen LogP contribution in [0.15, 0.2) is 79.6 Å². The maximum Gasteiger partial charge on any atom is 0.252 e. The minimum Gasteiger partial charge on any atom is -0.496 e. The van der Waals surface area contributed by atoms with E-state index >= 15 is 0 Å². The number of carbonyl (C=O) groups excluding carboxylic acids is 2. The third-order valence-corrected chi connectivity index (χ3v) is 6.14. The summed E-state index contributed by atoms with van der Waals surface area (Å²) in [6.45, 7) is 3.98. The van der Waals surface area contributed by atoms with Gasteiger partial charge in [0.25, 0.3) is 5.91 Å². The maximum atomic E-state index is 12.3. The first-order valence-corrected chi connectivity index (χ1v) is 12.4. The van der Waals surface area contributed by atoms with Gasteiger partial charge in [-0.1, -0.05) is 24.8 Å². The first-order chi connectivity index (χ1) is 19.9. The van der Waals surface area contributed by atoms with E-state index in [0.29, 0.717) is 52.2 Å². The van der Waals surface area contributed by atoms with E-state index in [2.05, 4.69) is 32.5 Å². The molecule has 0 bridgehead atoms. The second-order valence-corrected chi connectivity index (χ2v) is 8.65. The largest absolute Gasteiger partial charge is 0.496 e. The van der Waals surface area contributed by atoms with Crippen molar-refractivity contribution in [1.29, 1.82) is 0 Å². The van der Waals surface area contributed by atoms with E-state index in [4.69, 9.17) is 19.9 Å². The molecule has 0 saturated carbocycles. The molecule has 11 nitrogen and oxygen atoms in total. The number of para-hydroxylation sites is 1. The molecule has 210 valence electrons. The number of hydrogen-bond donors (Lipinski definition) is 4. The summed E-state index contributed by atoms with van der Waals surface area (Å²) < 4.78 is 16.3. The smallest absolute Gasteiger partial charge is 0.252 e. The van der Waals surface area contributed by atoms with Crippen LogP contribution in [0, 0.1) is 0 Å². The van der Waals surface area contributed by atoms with Crippen molar-refractivity contribution in [3.63, 3.8) is 0 Å². The topological polar surface area (TPSA) is 150 Å². The van der Waals surface area contributed by atoms with E-state index in [0.717, 1.165) is 11.3 Å². The number of hydrogen-bond acceptors (Lipinski definition) is 9. The number of primary amides is 1. The molecule has 0 atom stereocenters. The SMILES string of the molecule is C=CC(=O)Nc1cc(Nc2cc(-c3ccc(OC)c(C(N)=O)c3)ncn2)c(OC)cc1NCc1ccccc1OC. The minimum absolute atomic E-state index is 0.235. The first-order valence-electron chi connectivity index (χ1n) is 12.4. The van der Waals surface area contributed by atoms with Gasteiger partial charge in [-0.3, -0.25) is 9.59 Å². The van der Waals surface area contributed by atoms with E-state index in [-0.39, 0.29) is 11.5 Å². The van der Waals surface area contributed by atoms with Crippen molar-refractivity contribution < 1.29 is 23.8 Å². The lowest BCUT2D eigenvalue weighted by molar-refractivity contribution is -0.111. The first kappa shape index (κ1) is 28.4. The van der Waals surface area contributed by atoms with Gasteiger partial charge >= 0.3 is 0 Å². The number of rotatable bonds is 12. The molecule has 4 aromatic rings. The molecule has 1 heterocycles. The summed E-state index contributed by atoms with van der Waals surface area (Å²) in [6, 6.07) is 17.9. The number of aromatic nitrogens is 2. The molecule has 0 aliphatic carbocycles. The van der Waals surface area contributed by atoms with Crippen LogP contribution in [-0.4, -0.2) is 43.1 Å². The number of nitrogens with one attached hydrogen (secondary N) is 3. The number of nitrogens with zero attached hydrogens (tertiary/aromatic N) is 2. The van der Waals surface area contributed by atoms with Gasteiger partial charge in [0.15, 0.2) is 0 Å². The predicted molar refractivity (Wildman–Crippen MR) is 158 cm³/mol. The summed E-state index contributed by atoms with van der Waals surface area (Å²) in [5.41, 5.74) is 9.52. The van der Waals surface area contributed by atoms with Crippen molar-refractivity contribution >= 4 is 34.7 Å². The second kappa shape index (κ2) is 13.0. The van der Waals surface area contributed by atoms with Crippen LogP contribution < -0.4 is 35.9 Å². The molecule has 11 heteroatoms. The van der Waals surface area contributed by atoms with Crippen molar-refractivity contribution in [2.75, 3.05) is 37.3 Å². The fraction of sp³-hybridized carbons (Fsp3) is 0.133. The molecule has 0 aliphatic heterocycles. The molecule has 3 aromatic carbocycles. The third kappa shape index (κ3) is 6.71. The highest BCUT2D eigenvalue weighted by Crippen LogP contribution is 2.37. The van der Waals surface area contributed by atoms with Crippen LogP contribution in [0.2, 0.25) is 0 Å². The molecule has 0 unspecified atom stereocenters. The number of carbonyl (C=O) groups is 2. The van der Waals surface area contributed by atoms with E-state index in [1.54, 1.807) is 50.6 Å². The van der Waals surface area contributed by atoms with Gasteiger partial charge in [0.2, 0.25) is 5.91 Å². The zero-order valence-corrected chi connectivity index (χ0v) is 22.9. The normalized spacial score (nSPS) is 10.3. The molecule has 0 aliphatic rings. The molecule has 0 spiro atoms. The number of ether oxygens (including phenoxy) is 3. The van der Waals surface area contributed by atoms with E-state index in [9.17, 15) is 9.59 Å². The van der Waals surface area contributed by atoms with Gasteiger partial charge in [0.1, 0.15) is 29.4 Å². The van der Waals surface area contributed by atoms with Crippen molar-refractivity contribution in [3.05, 3.63) is 90.8 Å². The molecular formula is C30H30N6O5. The molecule has 0 radical (unpaired) electrons. The number of methoxy groups -OCH3 is 3. The van der Waals surface area contributed by atoms with Gasteiger partial charge in [-0.15, -0.1) is 0 Å². The Morgan fingerprint density at radius 2 is 1.63 bits per heavy atom. The molecule has 2 amide bonds. The Morgan fingerprint density at radius 1 is 0.878 bits per heavy atom. The highest BCUT2D eigenvalue weighted by Gasteiger charge is 2.16. The zero-order chi connectivity index (χ0) is 29.4. The highest BCUT2D eigenvalue weighted by molar-refractivity contribution is 6.02. The summed E-state index contributed by atoms with van der Waals surface area (Å²) in [4.78, 5) is 32.8. The monoisotopic (exact) mass is 554 g/mol. The van der Waals surface area contributed by atoms with Crippen molar-refractivity contribution in [2.24, 2.45) is 5.73 Å². The predicted octanol–water partition coefficient (Wildman–Crippen LogP) is 4.75. The van der Waals surface area contributed by atoms with Crippen LogP contribution in [-0.2, 0) is 11.3 Å². The Morgan fingerprint density at radius 3 is 2.34 bits per heavy atom. The number of anilines is 4. The van der Waals surface area contributed by atoms with E-state index in [1.165, 1.54) is 19.5 Å². The van der Waals surface area contributed by atoms with Gasteiger partial charge in [-0.2, -0.15) is 0 Å². The summed E-state index contributed by atoms with van der Waals surface area (Å²) >= 11 is 0. The number of nitrogens with two attached hydrogens (primary N) is 1. The molecule has 5 N–H and O–H groups in total. The Balaban J connectivity index is 1.67. The number of amides is 2. The van der Waals surface area contributed by atoms with Crippen LogP contribution in [0.5, 0.6) is 17.2 Å². The quantitative estimate of drug-likeness (QED) is 0.182. The van der Waals surface area contributed by atoms with Crippen molar-refractivity contribution in [3.8, 4) is 28.5 Å². The molecule has 0 saturated heterocycles. The van der Waals surface area contributed by atoms with Crippen molar-refractivity contribution in [2.45, 2.75) is 6.54 Å². The molecule has 0 fully saturated rings. The molecular weight excluding hydrogens is 524 g/mol. The lowest BCUT2D eigenvalue weighted by Crippen LogP contribution is -2.12. The summed E-state index contributed by atoms with van der Waals surface area (Å²) in [5.74, 6) is 1.04. The van der Waals surface area contributed by atoms with Crippen LogP contribution >= 0.6 is 0 Å². The molecule has 1 aromatic heterocycles. The van der Waals surface area contributed by atoms with Gasteiger partial charge in [-0.25, -0.2) is 9.97 Å². The Labute approximate surface area is 237 Å². The van der Waals surface area contributed by atoms with Crippen LogP contribution in [0.4, 0.5) is 22.9 Å². The fourth-order valence-electron chi connectivity index (χ4n) is 4.10. The average Bonchev–Trinajstić information content (AvgIpc) is 3.00. The van der Waals surface area contributed by atoms with Crippen LogP contribution in [0.25, 0.3) is 11.3 Å². The van der Waals surface area contributed by atoms with Gasteiger partial charge < -0.3 is 35.9 Å². The third-order valence-electron chi connectivity index (χ3n) is 6.14. The van der Waals surface area contributed by atoms with E-state index < -0.39 is 5.91 Å². The molecule has 4 rings (SSSR count). The standard InChI is InChI=1S/C30H30N6O5/c1-5-29(37)36-23-13-24(27(41-4)14-22(23)32-16-19-8-6-7-9-25(19)39-2)35-28-15-21(33-17-34-28)18-10-11-26(40-3)20(12-18)30(31)38/h5-15,17,32H,1,16H2,2-4H3,(H2,31,38)(H,36,37)(H,33,34,35). The fourth-order valence-corrected chi connectivity index (χ4v) is 4.10. The Bertz CT molecular complexity index is 1590. The lowest BCUT2D eigenvalue weighted by Gasteiger charge is -2.19. The zero-order valence-electron chi connectivity index (χ0n) is 22.9. The average molecular weight is 555 g/mol. The van der Waals surface area contributed by atoms with Crippen molar-refractivity contribution in [1.82, 2.24) is 9.97 Å².